The number of hydrogen-bond donors (Lipinski definition) is 1. The molecular formula is C15H14N2O3S. The van der Waals surface area contributed by atoms with Crippen LogP contribution in [0.3, 0.4) is 0 Å². The first kappa shape index (κ1) is 13.9. The lowest BCUT2D eigenvalue weighted by Crippen LogP contribution is -1.86. The standard InChI is InChI=1S/C15H14N2O3S/c18-8-11-3-5-12(6-4-11)9-21-10-14-16-15(17-20-14)13-2-1-7-19-13/h1-7,18H,8-10H2. The highest BCUT2D eigenvalue weighted by atomic mass is 32.2. The minimum atomic E-state index is 0.0744. The van der Waals surface area contributed by atoms with E-state index in [1.165, 1.54) is 5.56 Å². The zero-order chi connectivity index (χ0) is 14.5. The van der Waals surface area contributed by atoms with E-state index in [9.17, 15) is 0 Å². The van der Waals surface area contributed by atoms with Gasteiger partial charge in [0.25, 0.3) is 0 Å². The Morgan fingerprint density at radius 2 is 1.86 bits per heavy atom. The number of aliphatic hydroxyl groups is 1. The van der Waals surface area contributed by atoms with Gasteiger partial charge < -0.3 is 14.0 Å². The van der Waals surface area contributed by atoms with E-state index in [0.717, 1.165) is 11.3 Å². The van der Waals surface area contributed by atoms with Crippen LogP contribution in [0, 0.1) is 0 Å². The average Bonchev–Trinajstić information content (AvgIpc) is 3.19. The quantitative estimate of drug-likeness (QED) is 0.753. The van der Waals surface area contributed by atoms with Crippen LogP contribution >= 0.6 is 11.8 Å². The Kier molecular flexibility index (Phi) is 4.37. The van der Waals surface area contributed by atoms with Gasteiger partial charge in [-0.1, -0.05) is 29.4 Å². The van der Waals surface area contributed by atoms with Gasteiger partial charge in [-0.05, 0) is 23.3 Å². The molecule has 3 rings (SSSR count). The third kappa shape index (κ3) is 3.53. The Balaban J connectivity index is 1.53. The first-order valence-corrected chi connectivity index (χ1v) is 7.63. The number of aromatic nitrogens is 2. The fraction of sp³-hybridized carbons (Fsp3) is 0.200. The topological polar surface area (TPSA) is 72.3 Å². The number of rotatable bonds is 6. The van der Waals surface area contributed by atoms with Gasteiger partial charge in [0.2, 0.25) is 11.7 Å². The number of furan rings is 1. The molecule has 1 aromatic carbocycles. The molecule has 0 saturated carbocycles. The Morgan fingerprint density at radius 1 is 1.05 bits per heavy atom. The lowest BCUT2D eigenvalue weighted by atomic mass is 10.2. The number of hydrogen-bond acceptors (Lipinski definition) is 6. The summed E-state index contributed by atoms with van der Waals surface area (Å²) in [7, 11) is 0. The van der Waals surface area contributed by atoms with Crippen molar-refractivity contribution >= 4 is 11.8 Å². The van der Waals surface area contributed by atoms with E-state index in [1.54, 1.807) is 30.2 Å². The first-order valence-electron chi connectivity index (χ1n) is 6.48. The first-order chi connectivity index (χ1) is 10.3. The van der Waals surface area contributed by atoms with Crippen molar-refractivity contribution in [1.82, 2.24) is 10.1 Å². The highest BCUT2D eigenvalue weighted by Gasteiger charge is 2.10. The minimum absolute atomic E-state index is 0.0744. The third-order valence-electron chi connectivity index (χ3n) is 2.91. The summed E-state index contributed by atoms with van der Waals surface area (Å²) in [5, 5.41) is 12.9. The Hall–Kier alpha value is -2.05. The van der Waals surface area contributed by atoms with Crippen molar-refractivity contribution in [3.05, 3.63) is 59.7 Å². The average molecular weight is 302 g/mol. The smallest absolute Gasteiger partial charge is 0.238 e. The molecule has 0 atom stereocenters. The molecule has 0 aliphatic carbocycles. The van der Waals surface area contributed by atoms with Crippen molar-refractivity contribution in [3.8, 4) is 11.6 Å². The predicted octanol–water partition coefficient (Wildman–Crippen LogP) is 3.26. The molecule has 0 unspecified atom stereocenters. The van der Waals surface area contributed by atoms with Gasteiger partial charge in [0.05, 0.1) is 18.6 Å². The number of nitrogens with zero attached hydrogens (tertiary/aromatic N) is 2. The molecular weight excluding hydrogens is 288 g/mol. The van der Waals surface area contributed by atoms with Gasteiger partial charge in [-0.25, -0.2) is 0 Å². The van der Waals surface area contributed by atoms with Crippen molar-refractivity contribution in [2.45, 2.75) is 18.1 Å². The molecule has 0 spiro atoms. The van der Waals surface area contributed by atoms with Crippen LogP contribution in [0.1, 0.15) is 17.0 Å². The maximum atomic E-state index is 8.99. The molecule has 2 aromatic heterocycles. The van der Waals surface area contributed by atoms with Crippen LogP contribution in [0.25, 0.3) is 11.6 Å². The van der Waals surface area contributed by atoms with Gasteiger partial charge in [0.15, 0.2) is 5.76 Å². The van der Waals surface area contributed by atoms with E-state index in [4.69, 9.17) is 14.0 Å². The maximum Gasteiger partial charge on any atom is 0.238 e. The molecule has 5 nitrogen and oxygen atoms in total. The van der Waals surface area contributed by atoms with E-state index in [1.807, 2.05) is 24.3 Å². The summed E-state index contributed by atoms with van der Waals surface area (Å²) in [6, 6.07) is 11.5. The Bertz CT molecular complexity index is 677. The highest BCUT2D eigenvalue weighted by Crippen LogP contribution is 2.20. The molecule has 0 radical (unpaired) electrons. The van der Waals surface area contributed by atoms with E-state index in [0.29, 0.717) is 23.2 Å². The van der Waals surface area contributed by atoms with Crippen LogP contribution in [-0.2, 0) is 18.1 Å². The molecule has 6 heteroatoms. The number of thioether (sulfide) groups is 1. The van der Waals surface area contributed by atoms with Crippen LogP contribution in [0.5, 0.6) is 0 Å². The van der Waals surface area contributed by atoms with E-state index in [2.05, 4.69) is 10.1 Å². The SMILES string of the molecule is OCc1ccc(CSCc2nc(-c3ccco3)no2)cc1. The maximum absolute atomic E-state index is 8.99. The number of aliphatic hydroxyl groups excluding tert-OH is 1. The van der Waals surface area contributed by atoms with Crippen LogP contribution < -0.4 is 0 Å². The lowest BCUT2D eigenvalue weighted by Gasteiger charge is -2.01. The molecule has 21 heavy (non-hydrogen) atoms. The molecule has 0 aliphatic heterocycles. The van der Waals surface area contributed by atoms with Crippen molar-refractivity contribution in [2.24, 2.45) is 0 Å². The zero-order valence-corrected chi connectivity index (χ0v) is 12.0. The molecule has 108 valence electrons. The van der Waals surface area contributed by atoms with Gasteiger partial charge >= 0.3 is 0 Å². The fourth-order valence-electron chi connectivity index (χ4n) is 1.82. The van der Waals surface area contributed by atoms with Gasteiger partial charge in [-0.15, -0.1) is 11.8 Å². The van der Waals surface area contributed by atoms with Crippen molar-refractivity contribution in [2.75, 3.05) is 0 Å². The molecule has 0 fully saturated rings. The van der Waals surface area contributed by atoms with E-state index < -0.39 is 0 Å². The summed E-state index contributed by atoms with van der Waals surface area (Å²) in [6.45, 7) is 0.0744. The molecule has 1 N–H and O–H groups in total. The summed E-state index contributed by atoms with van der Waals surface area (Å²) < 4.78 is 10.4. The highest BCUT2D eigenvalue weighted by molar-refractivity contribution is 7.97. The molecule has 0 saturated heterocycles. The van der Waals surface area contributed by atoms with Crippen molar-refractivity contribution in [1.29, 1.82) is 0 Å². The van der Waals surface area contributed by atoms with E-state index in [-0.39, 0.29) is 6.61 Å². The largest absolute Gasteiger partial charge is 0.461 e. The van der Waals surface area contributed by atoms with Crippen molar-refractivity contribution < 1.29 is 14.0 Å². The summed E-state index contributed by atoms with van der Waals surface area (Å²) in [6.07, 6.45) is 1.58. The second-order valence-corrected chi connectivity index (χ2v) is 5.44. The summed E-state index contributed by atoms with van der Waals surface area (Å²) in [4.78, 5) is 4.29. The normalized spacial score (nSPS) is 10.9. The zero-order valence-electron chi connectivity index (χ0n) is 11.2. The fourth-order valence-corrected chi connectivity index (χ4v) is 2.64. The lowest BCUT2D eigenvalue weighted by molar-refractivity contribution is 0.282. The Labute approximate surface area is 126 Å². The molecule has 0 bridgehead atoms. The summed E-state index contributed by atoms with van der Waals surface area (Å²) >= 11 is 1.69. The Morgan fingerprint density at radius 3 is 2.57 bits per heavy atom. The third-order valence-corrected chi connectivity index (χ3v) is 3.90. The molecule has 0 amide bonds. The second-order valence-electron chi connectivity index (χ2n) is 4.46. The van der Waals surface area contributed by atoms with Crippen molar-refractivity contribution in [3.63, 3.8) is 0 Å². The minimum Gasteiger partial charge on any atom is -0.461 e. The monoisotopic (exact) mass is 302 g/mol. The van der Waals surface area contributed by atoms with Crippen LogP contribution in [0.2, 0.25) is 0 Å². The molecule has 3 aromatic rings. The molecule has 2 heterocycles. The van der Waals surface area contributed by atoms with Gasteiger partial charge in [-0.3, -0.25) is 0 Å². The van der Waals surface area contributed by atoms with Crippen LogP contribution in [0.15, 0.2) is 51.6 Å². The second kappa shape index (κ2) is 6.60. The van der Waals surface area contributed by atoms with E-state index >= 15 is 0 Å². The van der Waals surface area contributed by atoms with Gasteiger partial charge in [0.1, 0.15) is 0 Å². The van der Waals surface area contributed by atoms with Gasteiger partial charge in [0, 0.05) is 5.75 Å². The molecule has 0 aliphatic rings. The summed E-state index contributed by atoms with van der Waals surface area (Å²) in [5.74, 6) is 3.16. The van der Waals surface area contributed by atoms with Gasteiger partial charge in [-0.2, -0.15) is 4.98 Å². The predicted molar refractivity (Wildman–Crippen MR) is 79.4 cm³/mol. The number of benzene rings is 1. The van der Waals surface area contributed by atoms with Crippen LogP contribution in [0.4, 0.5) is 0 Å². The van der Waals surface area contributed by atoms with Crippen LogP contribution in [-0.4, -0.2) is 15.2 Å². The summed E-state index contributed by atoms with van der Waals surface area (Å²) in [5.41, 5.74) is 2.12.